The van der Waals surface area contributed by atoms with Crippen molar-refractivity contribution < 1.29 is 4.74 Å². The molecule has 1 saturated heterocycles. The molecule has 0 radical (unpaired) electrons. The summed E-state index contributed by atoms with van der Waals surface area (Å²) in [4.78, 5) is 10.9. The van der Waals surface area contributed by atoms with Crippen molar-refractivity contribution in [2.75, 3.05) is 25.2 Å². The summed E-state index contributed by atoms with van der Waals surface area (Å²) < 4.78 is 6.21. The first kappa shape index (κ1) is 11.8. The third-order valence-electron chi connectivity index (χ3n) is 2.89. The number of hydrogen-bond donors (Lipinski definition) is 0. The van der Waals surface area contributed by atoms with E-state index in [1.165, 1.54) is 0 Å². The molecule has 0 N–H and O–H groups in total. The van der Waals surface area contributed by atoms with Crippen LogP contribution in [0.4, 0.5) is 5.82 Å². The minimum absolute atomic E-state index is 0.523. The van der Waals surface area contributed by atoms with Crippen molar-refractivity contribution in [3.8, 4) is 0 Å². The molecule has 0 amide bonds. The van der Waals surface area contributed by atoms with E-state index in [1.807, 2.05) is 13.0 Å². The lowest BCUT2D eigenvalue weighted by molar-refractivity contribution is 0.0853. The van der Waals surface area contributed by atoms with Crippen molar-refractivity contribution in [2.45, 2.75) is 25.8 Å². The fourth-order valence-electron chi connectivity index (χ4n) is 1.96. The van der Waals surface area contributed by atoms with Gasteiger partial charge in [0.25, 0.3) is 0 Å². The van der Waals surface area contributed by atoms with E-state index >= 15 is 0 Å². The lowest BCUT2D eigenvalue weighted by Crippen LogP contribution is -2.37. The number of ether oxygens (including phenoxy) is 1. The van der Waals surface area contributed by atoms with Gasteiger partial charge in [0, 0.05) is 32.4 Å². The highest BCUT2D eigenvalue weighted by atomic mass is 79.9. The van der Waals surface area contributed by atoms with E-state index < -0.39 is 0 Å². The molecular formula is C11H16BrN3O. The molecule has 1 aromatic rings. The van der Waals surface area contributed by atoms with Crippen molar-refractivity contribution >= 4 is 21.7 Å². The molecule has 88 valence electrons. The highest BCUT2D eigenvalue weighted by Crippen LogP contribution is 2.21. The summed E-state index contributed by atoms with van der Waals surface area (Å²) in [7, 11) is 2.09. The monoisotopic (exact) mass is 285 g/mol. The molecule has 2 rings (SSSR count). The van der Waals surface area contributed by atoms with Gasteiger partial charge in [-0.15, -0.1) is 0 Å². The highest BCUT2D eigenvalue weighted by Gasteiger charge is 2.19. The number of hydrogen-bond acceptors (Lipinski definition) is 4. The second kappa shape index (κ2) is 5.10. The smallest absolute Gasteiger partial charge is 0.133 e. The Kier molecular flexibility index (Phi) is 3.76. The summed E-state index contributed by atoms with van der Waals surface area (Å²) in [6.45, 7) is 3.60. The van der Waals surface area contributed by atoms with Gasteiger partial charge in [-0.05, 0) is 35.7 Å². The highest BCUT2D eigenvalue weighted by molar-refractivity contribution is 9.10. The summed E-state index contributed by atoms with van der Waals surface area (Å²) in [6, 6.07) is 2.48. The van der Waals surface area contributed by atoms with Crippen molar-refractivity contribution in [3.63, 3.8) is 0 Å². The molecule has 4 nitrogen and oxygen atoms in total. The van der Waals surface area contributed by atoms with Crippen LogP contribution in [0.5, 0.6) is 0 Å². The predicted octanol–water partition coefficient (Wildman–Crippen LogP) is 2.16. The van der Waals surface area contributed by atoms with Crippen LogP contribution in [-0.2, 0) is 4.74 Å². The Labute approximate surface area is 104 Å². The maximum absolute atomic E-state index is 5.36. The van der Waals surface area contributed by atoms with E-state index in [0.717, 1.165) is 42.3 Å². The van der Waals surface area contributed by atoms with Gasteiger partial charge in [0.1, 0.15) is 16.2 Å². The molecule has 0 saturated carbocycles. The van der Waals surface area contributed by atoms with Crippen molar-refractivity contribution in [2.24, 2.45) is 0 Å². The molecule has 0 unspecified atom stereocenters. The van der Waals surface area contributed by atoms with Gasteiger partial charge < -0.3 is 9.64 Å². The molecule has 1 fully saturated rings. The molecular weight excluding hydrogens is 270 g/mol. The molecule has 0 atom stereocenters. The molecule has 0 aliphatic carbocycles. The molecule has 1 aromatic heterocycles. The summed E-state index contributed by atoms with van der Waals surface area (Å²) in [5, 5.41) is 0. The summed E-state index contributed by atoms with van der Waals surface area (Å²) in [5.41, 5.74) is 0. The maximum atomic E-state index is 5.36. The average Bonchev–Trinajstić information content (AvgIpc) is 2.28. The van der Waals surface area contributed by atoms with Gasteiger partial charge in [-0.2, -0.15) is 0 Å². The van der Waals surface area contributed by atoms with E-state index in [4.69, 9.17) is 4.74 Å². The van der Waals surface area contributed by atoms with Crippen LogP contribution < -0.4 is 4.90 Å². The molecule has 5 heteroatoms. The van der Waals surface area contributed by atoms with Gasteiger partial charge >= 0.3 is 0 Å². The second-order valence-corrected chi connectivity index (χ2v) is 4.86. The van der Waals surface area contributed by atoms with E-state index in [2.05, 4.69) is 37.8 Å². The zero-order valence-electron chi connectivity index (χ0n) is 9.61. The van der Waals surface area contributed by atoms with E-state index in [1.54, 1.807) is 0 Å². The van der Waals surface area contributed by atoms with Crippen LogP contribution >= 0.6 is 15.9 Å². The number of nitrogens with zero attached hydrogens (tertiary/aromatic N) is 3. The third-order valence-corrected chi connectivity index (χ3v) is 3.30. The van der Waals surface area contributed by atoms with Crippen molar-refractivity contribution in [1.29, 1.82) is 0 Å². The summed E-state index contributed by atoms with van der Waals surface area (Å²) in [6.07, 6.45) is 2.13. The molecule has 2 heterocycles. The molecule has 0 spiro atoms. The Morgan fingerprint density at radius 3 is 2.69 bits per heavy atom. The normalized spacial score (nSPS) is 17.4. The minimum Gasteiger partial charge on any atom is -0.381 e. The predicted molar refractivity (Wildman–Crippen MR) is 66.7 cm³/mol. The number of rotatable bonds is 2. The van der Waals surface area contributed by atoms with Gasteiger partial charge in [0.15, 0.2) is 0 Å². The van der Waals surface area contributed by atoms with Crippen LogP contribution in [0.3, 0.4) is 0 Å². The van der Waals surface area contributed by atoms with Crippen molar-refractivity contribution in [3.05, 3.63) is 16.5 Å². The van der Waals surface area contributed by atoms with Gasteiger partial charge in [-0.25, -0.2) is 9.97 Å². The van der Waals surface area contributed by atoms with Crippen LogP contribution in [-0.4, -0.2) is 36.3 Å². The number of aryl methyl sites for hydroxylation is 1. The van der Waals surface area contributed by atoms with Gasteiger partial charge in [0.2, 0.25) is 0 Å². The molecule has 0 bridgehead atoms. The Balaban J connectivity index is 2.15. The quantitative estimate of drug-likeness (QED) is 0.781. The Morgan fingerprint density at radius 1 is 1.38 bits per heavy atom. The lowest BCUT2D eigenvalue weighted by Gasteiger charge is -2.32. The molecule has 0 aromatic carbocycles. The summed E-state index contributed by atoms with van der Waals surface area (Å²) >= 11 is 3.40. The fraction of sp³-hybridized carbons (Fsp3) is 0.636. The number of anilines is 1. The minimum atomic E-state index is 0.523. The second-order valence-electron chi connectivity index (χ2n) is 4.05. The topological polar surface area (TPSA) is 38.2 Å². The van der Waals surface area contributed by atoms with Gasteiger partial charge in [-0.1, -0.05) is 0 Å². The van der Waals surface area contributed by atoms with Gasteiger partial charge in [0.05, 0.1) is 0 Å². The van der Waals surface area contributed by atoms with E-state index in [-0.39, 0.29) is 0 Å². The Morgan fingerprint density at radius 2 is 2.06 bits per heavy atom. The standard InChI is InChI=1S/C11H16BrN3O/c1-8-13-10(12)7-11(14-8)15(2)9-3-5-16-6-4-9/h7,9H,3-6H2,1-2H3. The van der Waals surface area contributed by atoms with E-state index in [0.29, 0.717) is 6.04 Å². The molecule has 1 aliphatic rings. The first-order valence-electron chi connectivity index (χ1n) is 5.48. The fourth-order valence-corrected chi connectivity index (χ4v) is 2.42. The zero-order chi connectivity index (χ0) is 11.5. The number of aromatic nitrogens is 2. The molecule has 16 heavy (non-hydrogen) atoms. The molecule has 1 aliphatic heterocycles. The van der Waals surface area contributed by atoms with Crippen LogP contribution in [0.25, 0.3) is 0 Å². The van der Waals surface area contributed by atoms with Crippen molar-refractivity contribution in [1.82, 2.24) is 9.97 Å². The third kappa shape index (κ3) is 2.71. The SMILES string of the molecule is Cc1nc(Br)cc(N(C)C2CCOCC2)n1. The first-order chi connectivity index (χ1) is 7.66. The maximum Gasteiger partial charge on any atom is 0.133 e. The summed E-state index contributed by atoms with van der Waals surface area (Å²) in [5.74, 6) is 1.77. The number of halogens is 1. The van der Waals surface area contributed by atoms with Crippen LogP contribution in [0.1, 0.15) is 18.7 Å². The lowest BCUT2D eigenvalue weighted by atomic mass is 10.1. The van der Waals surface area contributed by atoms with Crippen LogP contribution in [0, 0.1) is 6.92 Å². The van der Waals surface area contributed by atoms with Crippen LogP contribution in [0.2, 0.25) is 0 Å². The van der Waals surface area contributed by atoms with E-state index in [9.17, 15) is 0 Å². The first-order valence-corrected chi connectivity index (χ1v) is 6.28. The Bertz CT molecular complexity index is 346. The largest absolute Gasteiger partial charge is 0.381 e. The van der Waals surface area contributed by atoms with Gasteiger partial charge in [-0.3, -0.25) is 0 Å². The van der Waals surface area contributed by atoms with Crippen LogP contribution in [0.15, 0.2) is 10.7 Å². The Hall–Kier alpha value is -0.680. The zero-order valence-corrected chi connectivity index (χ0v) is 11.2. The average molecular weight is 286 g/mol.